The van der Waals surface area contributed by atoms with E-state index in [0.29, 0.717) is 12.8 Å². The Morgan fingerprint density at radius 1 is 1.40 bits per heavy atom. The summed E-state index contributed by atoms with van der Waals surface area (Å²) in [5, 5.41) is 18.7. The van der Waals surface area contributed by atoms with Crippen LogP contribution in [0.3, 0.4) is 0 Å². The lowest BCUT2D eigenvalue weighted by Gasteiger charge is -2.61. The number of Topliss-reactive ketones (excluding diaryl/α,β-unsaturated/α-hetero) is 1. The summed E-state index contributed by atoms with van der Waals surface area (Å²) < 4.78 is 6.05. The third-order valence-electron chi connectivity index (χ3n) is 8.92. The zero-order valence-electron chi connectivity index (χ0n) is 18.6. The summed E-state index contributed by atoms with van der Waals surface area (Å²) in [6.45, 7) is 12.3. The maximum atomic E-state index is 13.3. The number of amidine groups is 1. The summed E-state index contributed by atoms with van der Waals surface area (Å²) in [5.41, 5.74) is 3.95. The van der Waals surface area contributed by atoms with Crippen LogP contribution < -0.4 is 5.73 Å². The third kappa shape index (κ3) is 3.42. The summed E-state index contributed by atoms with van der Waals surface area (Å²) in [7, 11) is 0. The van der Waals surface area contributed by atoms with Crippen LogP contribution in [0.15, 0.2) is 12.7 Å². The molecule has 4 N–H and O–H groups in total. The first-order valence-electron chi connectivity index (χ1n) is 10.9. The van der Waals surface area contributed by atoms with Crippen molar-refractivity contribution in [1.29, 1.82) is 5.41 Å². The maximum Gasteiger partial charge on any atom is 0.316 e. The second-order valence-corrected chi connectivity index (χ2v) is 11.2. The summed E-state index contributed by atoms with van der Waals surface area (Å²) in [4.78, 5) is 25.9. The van der Waals surface area contributed by atoms with Gasteiger partial charge in [0.2, 0.25) is 0 Å². The lowest BCUT2D eigenvalue weighted by atomic mass is 9.44. The Bertz CT molecular complexity index is 757. The van der Waals surface area contributed by atoms with Crippen LogP contribution in [0.25, 0.3) is 0 Å². The Kier molecular flexibility index (Phi) is 6.20. The molecule has 168 valence electrons. The average molecular weight is 437 g/mol. The Balaban J connectivity index is 2.10. The summed E-state index contributed by atoms with van der Waals surface area (Å²) in [6, 6.07) is 0. The highest BCUT2D eigenvalue weighted by atomic mass is 32.2. The fourth-order valence-electron chi connectivity index (χ4n) is 6.83. The number of rotatable bonds is 4. The molecule has 6 nitrogen and oxygen atoms in total. The number of nitrogens with one attached hydrogen (secondary N) is 1. The first-order valence-corrected chi connectivity index (χ1v) is 11.9. The van der Waals surface area contributed by atoms with Crippen LogP contribution in [0, 0.1) is 39.4 Å². The number of hydrogen-bond acceptors (Lipinski definition) is 6. The lowest BCUT2D eigenvalue weighted by molar-refractivity contribution is -0.205. The van der Waals surface area contributed by atoms with Gasteiger partial charge in [0.05, 0.1) is 11.9 Å². The van der Waals surface area contributed by atoms with Crippen molar-refractivity contribution in [3.8, 4) is 0 Å². The molecule has 0 aromatic rings. The number of carbonyl (C=O) groups is 2. The van der Waals surface area contributed by atoms with Crippen molar-refractivity contribution in [2.75, 3.05) is 5.75 Å². The Hall–Kier alpha value is -1.34. The van der Waals surface area contributed by atoms with Gasteiger partial charge in [0.25, 0.3) is 0 Å². The average Bonchev–Trinajstić information content (AvgIpc) is 3.05. The molecule has 0 heterocycles. The van der Waals surface area contributed by atoms with Crippen molar-refractivity contribution in [3.05, 3.63) is 12.7 Å². The van der Waals surface area contributed by atoms with Crippen molar-refractivity contribution < 1.29 is 19.4 Å². The van der Waals surface area contributed by atoms with Crippen LogP contribution in [0.4, 0.5) is 0 Å². The van der Waals surface area contributed by atoms with E-state index in [9.17, 15) is 14.7 Å². The van der Waals surface area contributed by atoms with E-state index < -0.39 is 29.0 Å². The van der Waals surface area contributed by atoms with Gasteiger partial charge in [-0.25, -0.2) is 0 Å². The van der Waals surface area contributed by atoms with Crippen LogP contribution in [-0.2, 0) is 14.3 Å². The van der Waals surface area contributed by atoms with E-state index in [0.717, 1.165) is 31.0 Å². The molecule has 3 aliphatic carbocycles. The Morgan fingerprint density at radius 2 is 2.07 bits per heavy atom. The van der Waals surface area contributed by atoms with Gasteiger partial charge in [-0.2, -0.15) is 0 Å². The van der Waals surface area contributed by atoms with E-state index in [1.54, 1.807) is 6.08 Å². The molecule has 0 amide bonds. The van der Waals surface area contributed by atoms with Crippen LogP contribution in [0.1, 0.15) is 59.8 Å². The molecule has 7 heteroatoms. The first-order chi connectivity index (χ1) is 13.9. The van der Waals surface area contributed by atoms with Crippen molar-refractivity contribution in [3.63, 3.8) is 0 Å². The van der Waals surface area contributed by atoms with Gasteiger partial charge in [-0.3, -0.25) is 15.0 Å². The monoisotopic (exact) mass is 436 g/mol. The van der Waals surface area contributed by atoms with Crippen LogP contribution in [-0.4, -0.2) is 40.0 Å². The molecule has 0 aromatic heterocycles. The molecule has 8 atom stereocenters. The number of aliphatic hydroxyl groups excluding tert-OH is 1. The van der Waals surface area contributed by atoms with Crippen molar-refractivity contribution in [2.24, 2.45) is 39.7 Å². The third-order valence-corrected chi connectivity index (χ3v) is 9.61. The zero-order chi connectivity index (χ0) is 22.5. The number of esters is 1. The van der Waals surface area contributed by atoms with Crippen LogP contribution >= 0.6 is 11.8 Å². The molecule has 3 aliphatic rings. The first kappa shape index (κ1) is 23.3. The Labute approximate surface area is 183 Å². The smallest absolute Gasteiger partial charge is 0.316 e. The zero-order valence-corrected chi connectivity index (χ0v) is 19.4. The minimum Gasteiger partial charge on any atom is -0.461 e. The molecule has 0 aliphatic heterocycles. The molecule has 8 unspecified atom stereocenters. The molecule has 30 heavy (non-hydrogen) atoms. The number of hydrogen-bond donors (Lipinski definition) is 3. The molecule has 0 aromatic carbocycles. The predicted octanol–water partition coefficient (Wildman–Crippen LogP) is 3.52. The summed E-state index contributed by atoms with van der Waals surface area (Å²) in [6.07, 6.45) is 4.17. The van der Waals surface area contributed by atoms with E-state index in [1.807, 2.05) is 6.92 Å². The fraction of sp³-hybridized carbons (Fsp3) is 0.783. The molecule has 2 bridgehead atoms. The molecule has 0 radical (unpaired) electrons. The van der Waals surface area contributed by atoms with Gasteiger partial charge in [0, 0.05) is 23.2 Å². The van der Waals surface area contributed by atoms with Crippen LogP contribution in [0.5, 0.6) is 0 Å². The largest absolute Gasteiger partial charge is 0.461 e. The number of carbonyl (C=O) groups excluding carboxylic acids is 2. The van der Waals surface area contributed by atoms with E-state index in [2.05, 4.69) is 27.4 Å². The van der Waals surface area contributed by atoms with Gasteiger partial charge in [-0.15, -0.1) is 6.58 Å². The van der Waals surface area contributed by atoms with E-state index >= 15 is 0 Å². The highest BCUT2D eigenvalue weighted by Gasteiger charge is 2.68. The summed E-state index contributed by atoms with van der Waals surface area (Å²) >= 11 is 0.936. The topological polar surface area (TPSA) is 113 Å². The minimum atomic E-state index is -0.672. The van der Waals surface area contributed by atoms with Crippen molar-refractivity contribution in [2.45, 2.75) is 72.0 Å². The number of aliphatic hydroxyl groups is 1. The number of ether oxygens (including phenoxy) is 1. The van der Waals surface area contributed by atoms with E-state index in [4.69, 9.17) is 15.9 Å². The van der Waals surface area contributed by atoms with Crippen molar-refractivity contribution >= 4 is 28.7 Å². The maximum absolute atomic E-state index is 13.3. The van der Waals surface area contributed by atoms with Gasteiger partial charge < -0.3 is 15.6 Å². The summed E-state index contributed by atoms with van der Waals surface area (Å²) in [5.74, 6) is -0.314. The van der Waals surface area contributed by atoms with Gasteiger partial charge in [0.1, 0.15) is 11.9 Å². The van der Waals surface area contributed by atoms with Crippen molar-refractivity contribution in [1.82, 2.24) is 0 Å². The van der Waals surface area contributed by atoms with Gasteiger partial charge in [-0.1, -0.05) is 45.5 Å². The molecular formula is C23H36N2O4S. The minimum absolute atomic E-state index is 0.0379. The van der Waals surface area contributed by atoms with E-state index in [1.165, 1.54) is 0 Å². The SMILES string of the molecule is C=CC1(C)CC(OC(=O)CSC(=N)N)C2(C)C(C)CCC3(CCC(=O)C32)C(C)C1O. The standard InChI is InChI=1S/C23H36N2O4S/c1-6-21(4)11-16(29-17(27)12-30-20(24)25)22(5)13(2)7-9-23(14(3)19(21)28)10-8-15(26)18(22)23/h6,13-14,16,18-19,28H,1,7-12H2,2-5H3,(H3,24,25). The van der Waals surface area contributed by atoms with Gasteiger partial charge in [0.15, 0.2) is 5.17 Å². The Morgan fingerprint density at radius 3 is 2.67 bits per heavy atom. The van der Waals surface area contributed by atoms with Gasteiger partial charge in [-0.05, 0) is 42.9 Å². The lowest BCUT2D eigenvalue weighted by Crippen LogP contribution is -2.63. The molecule has 3 fully saturated rings. The number of thioether (sulfide) groups is 1. The highest BCUT2D eigenvalue weighted by molar-refractivity contribution is 8.14. The molecular weight excluding hydrogens is 400 g/mol. The van der Waals surface area contributed by atoms with Gasteiger partial charge >= 0.3 is 5.97 Å². The highest BCUT2D eigenvalue weighted by Crippen LogP contribution is 2.67. The fourth-order valence-corrected chi connectivity index (χ4v) is 7.17. The molecule has 3 rings (SSSR count). The number of ketones is 1. The normalized spacial score (nSPS) is 45.8. The molecule has 3 saturated carbocycles. The van der Waals surface area contributed by atoms with E-state index in [-0.39, 0.29) is 39.9 Å². The molecule has 0 spiro atoms. The second-order valence-electron chi connectivity index (χ2n) is 10.2. The molecule has 0 saturated heterocycles. The second kappa shape index (κ2) is 7.97. The quantitative estimate of drug-likeness (QED) is 0.269. The predicted molar refractivity (Wildman–Crippen MR) is 119 cm³/mol. The van der Waals surface area contributed by atoms with Crippen LogP contribution in [0.2, 0.25) is 0 Å². The number of nitrogens with two attached hydrogens (primary N) is 1.